The van der Waals surface area contributed by atoms with Crippen LogP contribution in [-0.2, 0) is 28.6 Å². The first-order valence-corrected chi connectivity index (χ1v) is 35.5. The second-order valence-electron chi connectivity index (χ2n) is 23.7. The molecule has 0 unspecified atom stereocenters. The van der Waals surface area contributed by atoms with E-state index < -0.39 is 109 Å². The fourth-order valence-electron chi connectivity index (χ4n) is 11.8. The summed E-state index contributed by atoms with van der Waals surface area (Å²) < 4.78 is 142. The van der Waals surface area contributed by atoms with Crippen molar-refractivity contribution in [3.05, 3.63) is 187 Å². The largest absolute Gasteiger partial charge is 0.463 e. The summed E-state index contributed by atoms with van der Waals surface area (Å²) in [4.78, 5) is 70.2. The molecule has 36 heteroatoms. The van der Waals surface area contributed by atoms with E-state index in [9.17, 15) is 69.2 Å². The number of carbonyl (C=O) groups is 3. The molecule has 0 radical (unpaired) electrons. The monoisotopic (exact) mass is 1540 g/mol. The number of thiazole rings is 3. The number of halogens is 12. The molecule has 3 aromatic heterocycles. The van der Waals surface area contributed by atoms with Gasteiger partial charge in [0.1, 0.15) is 53.9 Å². The van der Waals surface area contributed by atoms with Crippen LogP contribution in [0, 0.1) is 17.5 Å². The number of nitrogens with one attached hydrogen (secondary N) is 3. The van der Waals surface area contributed by atoms with Crippen LogP contribution in [-0.4, -0.2) is 195 Å². The van der Waals surface area contributed by atoms with E-state index in [2.05, 4.69) is 45.9 Å². The van der Waals surface area contributed by atoms with Crippen LogP contribution in [0.5, 0.6) is 0 Å². The Morgan fingerprint density at radius 3 is 0.961 bits per heavy atom. The third-order valence-corrected chi connectivity index (χ3v) is 19.9. The minimum atomic E-state index is -3.29. The second kappa shape index (κ2) is 33.6. The molecule has 6 aromatic rings. The number of benzene rings is 3. The molecule has 6 aliphatic rings. The summed E-state index contributed by atoms with van der Waals surface area (Å²) in [6.45, 7) is 3.55. The lowest BCUT2D eigenvalue weighted by atomic mass is 9.94. The molecule has 3 saturated heterocycles. The number of likely N-dealkylation sites (tertiary alicyclic amines) is 3. The van der Waals surface area contributed by atoms with Crippen LogP contribution >= 0.6 is 68.8 Å². The molecule has 0 spiro atoms. The van der Waals surface area contributed by atoms with Gasteiger partial charge in [0.15, 0.2) is 32.5 Å². The lowest BCUT2D eigenvalue weighted by Crippen LogP contribution is -2.53. The number of nitrogens with zero attached hydrogens (tertiary/aromatic N) is 9. The highest BCUT2D eigenvalue weighted by Gasteiger charge is 2.48. The van der Waals surface area contributed by atoms with Crippen molar-refractivity contribution in [2.45, 2.75) is 94.2 Å². The Bertz CT molecular complexity index is 3800. The fourth-order valence-corrected chi connectivity index (χ4v) is 14.3. The summed E-state index contributed by atoms with van der Waals surface area (Å²) in [5.41, 5.74) is 2.25. The Morgan fingerprint density at radius 2 is 0.745 bits per heavy atom. The smallest absolute Gasteiger partial charge is 0.338 e. The lowest BCUT2D eigenvalue weighted by molar-refractivity contribution is -0.148. The Hall–Kier alpha value is -7.41. The SMILES string of the molecule is CCOC(=O)C1=C(CN2CC[C@H](O)C(F)(F)C2)NC(c2nccs2)=N[C@@H]1c1ccc(F)cc1Cl.CCOC(=O)C1=C(CN2CC[C@H](O)C(F)(F)C2)NC(c2nccs2)=N[C@H]1c1ccc(F)cc1Cl.CCOC(=O)C1=C(CN2CC[C@H](O)C(F)(F)C2)NC(c2nccs2)=N[C@H]1c1ccc(F)cc1Cl. The molecule has 3 fully saturated rings. The number of alkyl halides is 6. The van der Waals surface area contributed by atoms with Gasteiger partial charge >= 0.3 is 17.9 Å². The zero-order valence-electron chi connectivity index (χ0n) is 54.3. The third-order valence-electron chi connectivity index (χ3n) is 16.6. The summed E-state index contributed by atoms with van der Waals surface area (Å²) in [6.07, 6.45) is -0.761. The quantitative estimate of drug-likeness (QED) is 0.0265. The van der Waals surface area contributed by atoms with E-state index in [-0.39, 0.29) is 110 Å². The predicted molar refractivity (Wildman–Crippen MR) is 365 cm³/mol. The van der Waals surface area contributed by atoms with Crippen LogP contribution < -0.4 is 16.0 Å². The number of aromatic nitrogens is 3. The summed E-state index contributed by atoms with van der Waals surface area (Å²) >= 11 is 22.9. The lowest BCUT2D eigenvalue weighted by Gasteiger charge is -2.37. The van der Waals surface area contributed by atoms with E-state index in [0.717, 1.165) is 18.2 Å². The van der Waals surface area contributed by atoms with E-state index in [0.29, 0.717) is 66.3 Å². The first kappa shape index (κ1) is 77.2. The molecule has 102 heavy (non-hydrogen) atoms. The maximum absolute atomic E-state index is 14.2. The van der Waals surface area contributed by atoms with Crippen LogP contribution in [0.4, 0.5) is 39.5 Å². The highest BCUT2D eigenvalue weighted by Crippen LogP contribution is 2.42. The van der Waals surface area contributed by atoms with Gasteiger partial charge in [-0.1, -0.05) is 53.0 Å². The van der Waals surface area contributed by atoms with Crippen molar-refractivity contribution in [1.82, 2.24) is 45.6 Å². The van der Waals surface area contributed by atoms with Crippen LogP contribution in [0.2, 0.25) is 15.1 Å². The summed E-state index contributed by atoms with van der Waals surface area (Å²) in [7, 11) is 0. The number of rotatable bonds is 18. The zero-order chi connectivity index (χ0) is 73.4. The second-order valence-corrected chi connectivity index (χ2v) is 27.6. The fraction of sp³-hybridized carbons (Fsp3) is 0.409. The molecule has 12 rings (SSSR count). The van der Waals surface area contributed by atoms with E-state index in [1.54, 1.807) is 55.5 Å². The molecule has 0 amide bonds. The summed E-state index contributed by atoms with van der Waals surface area (Å²) in [5, 5.41) is 45.1. The molecular weight excluding hydrogens is 1480 g/mol. The molecule has 6 aliphatic heterocycles. The Balaban J connectivity index is 0.000000165. The molecule has 0 bridgehead atoms. The van der Waals surface area contributed by atoms with Crippen LogP contribution in [0.1, 0.15) is 89.9 Å². The molecular formula is C66H66Cl3F9N12O9S3. The number of piperidine rings is 3. The molecule has 0 aliphatic carbocycles. The van der Waals surface area contributed by atoms with Gasteiger partial charge in [0, 0.05) is 123 Å². The first-order chi connectivity index (χ1) is 48.6. The number of aliphatic hydroxyl groups excluding tert-OH is 3. The van der Waals surface area contributed by atoms with Gasteiger partial charge in [0.2, 0.25) is 0 Å². The van der Waals surface area contributed by atoms with E-state index in [4.69, 9.17) is 49.0 Å². The topological polar surface area (TPSA) is 261 Å². The van der Waals surface area contributed by atoms with Crippen molar-refractivity contribution in [2.24, 2.45) is 15.0 Å². The molecule has 3 aromatic carbocycles. The molecule has 6 N–H and O–H groups in total. The number of hydrogen-bond acceptors (Lipinski definition) is 24. The predicted octanol–water partition coefficient (Wildman–Crippen LogP) is 10.6. The van der Waals surface area contributed by atoms with Crippen LogP contribution in [0.25, 0.3) is 0 Å². The van der Waals surface area contributed by atoms with Gasteiger partial charge in [-0.2, -0.15) is 0 Å². The molecule has 546 valence electrons. The van der Waals surface area contributed by atoms with Crippen molar-refractivity contribution in [3.63, 3.8) is 0 Å². The van der Waals surface area contributed by atoms with Gasteiger partial charge in [-0.05, 0) is 76.4 Å². The van der Waals surface area contributed by atoms with Crippen molar-refractivity contribution in [1.29, 1.82) is 0 Å². The number of aliphatic hydroxyl groups is 3. The van der Waals surface area contributed by atoms with Gasteiger partial charge < -0.3 is 45.5 Å². The van der Waals surface area contributed by atoms with Gasteiger partial charge in [-0.25, -0.2) is 68.8 Å². The van der Waals surface area contributed by atoms with Gasteiger partial charge in [-0.15, -0.1) is 34.0 Å². The number of hydrogen-bond donors (Lipinski definition) is 6. The highest BCUT2D eigenvalue weighted by molar-refractivity contribution is 7.12. The number of amidine groups is 3. The van der Waals surface area contributed by atoms with Crippen molar-refractivity contribution >= 4 is 104 Å². The average molecular weight is 1540 g/mol. The Labute approximate surface area is 605 Å². The number of ether oxygens (including phenoxy) is 3. The standard InChI is InChI=1S/3C22H22ClF3N4O3S/c3*1-2-33-21(32)17-15(10-30-7-5-16(31)22(25,26)11-30)28-19(20-27-6-8-34-20)29-18(17)13-4-3-12(24)9-14(13)23/h3*3-4,6,8-9,16,18,31H,2,5,7,10-11H2,1H3,(H,28,29)/t16-,18+;2*16-,18-/m000/s1. The summed E-state index contributed by atoms with van der Waals surface area (Å²) in [5.74, 6) is -12.6. The minimum absolute atomic E-state index is 0.0583. The molecule has 6 atom stereocenters. The molecule has 21 nitrogen and oxygen atoms in total. The molecule has 9 heterocycles. The normalized spacial score (nSPS) is 22.8. The van der Waals surface area contributed by atoms with Gasteiger partial charge in [-0.3, -0.25) is 29.7 Å². The van der Waals surface area contributed by atoms with Gasteiger partial charge in [0.25, 0.3) is 17.8 Å². The van der Waals surface area contributed by atoms with Crippen molar-refractivity contribution < 1.29 is 83.4 Å². The summed E-state index contributed by atoms with van der Waals surface area (Å²) in [6, 6.07) is 8.34. The zero-order valence-corrected chi connectivity index (χ0v) is 59.0. The van der Waals surface area contributed by atoms with Crippen molar-refractivity contribution in [2.75, 3.05) is 78.7 Å². The van der Waals surface area contributed by atoms with Crippen LogP contribution in [0.3, 0.4) is 0 Å². The average Bonchev–Trinajstić information content (AvgIpc) is 1.07. The van der Waals surface area contributed by atoms with Gasteiger partial charge in [0.05, 0.1) is 56.2 Å². The third kappa shape index (κ3) is 18.4. The first-order valence-electron chi connectivity index (χ1n) is 31.7. The maximum Gasteiger partial charge on any atom is 0.338 e. The highest BCUT2D eigenvalue weighted by atomic mass is 35.5. The van der Waals surface area contributed by atoms with E-state index in [1.165, 1.54) is 85.1 Å². The van der Waals surface area contributed by atoms with Crippen LogP contribution in [0.15, 0.2) is 138 Å². The van der Waals surface area contributed by atoms with E-state index >= 15 is 0 Å². The Morgan fingerprint density at radius 1 is 0.480 bits per heavy atom. The van der Waals surface area contributed by atoms with Crippen molar-refractivity contribution in [3.8, 4) is 0 Å². The number of carbonyl (C=O) groups excluding carboxylic acids is 3. The molecule has 0 saturated carbocycles. The van der Waals surface area contributed by atoms with E-state index in [1.807, 2.05) is 0 Å². The Kier molecular flexibility index (Phi) is 25.4. The maximum atomic E-state index is 14.2. The number of esters is 3. The minimum Gasteiger partial charge on any atom is -0.463 e. The number of aliphatic imine (C=N–C) groups is 3.